The molecular formula is C17H21NO3S. The third-order valence-corrected chi connectivity index (χ3v) is 4.63. The van der Waals surface area contributed by atoms with E-state index in [9.17, 15) is 9.90 Å². The van der Waals surface area contributed by atoms with Gasteiger partial charge in [-0.05, 0) is 36.1 Å². The van der Waals surface area contributed by atoms with E-state index in [2.05, 4.69) is 6.07 Å². The summed E-state index contributed by atoms with van der Waals surface area (Å²) in [4.78, 5) is 15.3. The maximum Gasteiger partial charge on any atom is 0.256 e. The number of benzene rings is 1. The quantitative estimate of drug-likeness (QED) is 0.891. The van der Waals surface area contributed by atoms with Crippen molar-refractivity contribution in [2.45, 2.75) is 25.5 Å². The average Bonchev–Trinajstić information content (AvgIpc) is 3.05. The Morgan fingerprint density at radius 3 is 2.77 bits per heavy atom. The molecule has 1 amide bonds. The fourth-order valence-corrected chi connectivity index (χ4v) is 3.05. The second-order valence-corrected chi connectivity index (χ2v) is 6.29. The van der Waals surface area contributed by atoms with Crippen LogP contribution in [0.15, 0.2) is 41.8 Å². The monoisotopic (exact) mass is 319 g/mol. The van der Waals surface area contributed by atoms with E-state index >= 15 is 0 Å². The number of rotatable bonds is 6. The highest BCUT2D eigenvalue weighted by Crippen LogP contribution is 2.22. The Balaban J connectivity index is 2.05. The normalized spacial score (nSPS) is 13.5. The topological polar surface area (TPSA) is 49.8 Å². The van der Waals surface area contributed by atoms with Gasteiger partial charge in [0.2, 0.25) is 0 Å². The largest absolute Gasteiger partial charge is 0.497 e. The number of aliphatic hydroxyl groups is 1. The van der Waals surface area contributed by atoms with Gasteiger partial charge in [0.1, 0.15) is 5.75 Å². The number of carbonyl (C=O) groups excluding carboxylic acids is 1. The Morgan fingerprint density at radius 1 is 1.36 bits per heavy atom. The molecule has 4 nitrogen and oxygen atoms in total. The summed E-state index contributed by atoms with van der Waals surface area (Å²) in [6.07, 6.45) is -0.393. The van der Waals surface area contributed by atoms with E-state index in [1.807, 2.05) is 18.4 Å². The summed E-state index contributed by atoms with van der Waals surface area (Å²) in [6.45, 7) is 1.98. The minimum absolute atomic E-state index is 0.0198. The van der Waals surface area contributed by atoms with Gasteiger partial charge < -0.3 is 14.7 Å². The second kappa shape index (κ2) is 7.42. The van der Waals surface area contributed by atoms with Crippen molar-refractivity contribution in [3.63, 3.8) is 0 Å². The molecule has 2 rings (SSSR count). The maximum atomic E-state index is 12.5. The van der Waals surface area contributed by atoms with Crippen LogP contribution in [0.25, 0.3) is 0 Å². The lowest BCUT2D eigenvalue weighted by Gasteiger charge is -2.27. The first-order valence-corrected chi connectivity index (χ1v) is 8.02. The Kier molecular flexibility index (Phi) is 5.57. The Bertz CT molecular complexity index is 612. The van der Waals surface area contributed by atoms with Gasteiger partial charge in [-0.2, -0.15) is 0 Å². The van der Waals surface area contributed by atoms with E-state index in [-0.39, 0.29) is 11.9 Å². The Labute approximate surface area is 135 Å². The van der Waals surface area contributed by atoms with Crippen LogP contribution in [0.3, 0.4) is 0 Å². The van der Waals surface area contributed by atoms with Gasteiger partial charge >= 0.3 is 0 Å². The summed E-state index contributed by atoms with van der Waals surface area (Å²) < 4.78 is 5.13. The molecule has 0 aliphatic heterocycles. The van der Waals surface area contributed by atoms with Gasteiger partial charge in [0.05, 0.1) is 7.11 Å². The number of aliphatic hydroxyl groups excluding tert-OH is 1. The highest BCUT2D eigenvalue weighted by molar-refractivity contribution is 7.09. The average molecular weight is 319 g/mol. The van der Waals surface area contributed by atoms with Crippen molar-refractivity contribution in [2.24, 2.45) is 0 Å². The van der Waals surface area contributed by atoms with Gasteiger partial charge in [-0.1, -0.05) is 18.2 Å². The molecule has 0 saturated heterocycles. The number of nitrogens with zero attached hydrogens (tertiary/aromatic N) is 1. The molecule has 0 aliphatic rings. The molecule has 2 aromatic rings. The van der Waals surface area contributed by atoms with Gasteiger partial charge in [0.25, 0.3) is 5.91 Å². The minimum Gasteiger partial charge on any atom is -0.497 e. The van der Waals surface area contributed by atoms with Crippen LogP contribution in [-0.2, 0) is 11.2 Å². The van der Waals surface area contributed by atoms with E-state index < -0.39 is 6.10 Å². The first-order valence-electron chi connectivity index (χ1n) is 7.14. The summed E-state index contributed by atoms with van der Waals surface area (Å²) in [5.41, 5.74) is 0.541. The first-order chi connectivity index (χ1) is 10.5. The Morgan fingerprint density at radius 2 is 2.14 bits per heavy atom. The molecule has 0 saturated carbocycles. The van der Waals surface area contributed by atoms with Gasteiger partial charge in [0.15, 0.2) is 6.10 Å². The molecule has 0 fully saturated rings. The number of ether oxygens (including phenoxy) is 1. The molecule has 1 heterocycles. The fraction of sp³-hybridized carbons (Fsp3) is 0.353. The zero-order chi connectivity index (χ0) is 16.1. The van der Waals surface area contributed by atoms with E-state index in [1.54, 1.807) is 54.7 Å². The van der Waals surface area contributed by atoms with Crippen LogP contribution < -0.4 is 4.74 Å². The van der Waals surface area contributed by atoms with Crippen LogP contribution in [-0.4, -0.2) is 36.1 Å². The highest BCUT2D eigenvalue weighted by Gasteiger charge is 2.25. The third-order valence-electron chi connectivity index (χ3n) is 3.73. The van der Waals surface area contributed by atoms with Crippen molar-refractivity contribution < 1.29 is 14.6 Å². The lowest BCUT2D eigenvalue weighted by atomic mass is 10.1. The van der Waals surface area contributed by atoms with Crippen molar-refractivity contribution in [3.05, 3.63) is 52.2 Å². The van der Waals surface area contributed by atoms with Gasteiger partial charge in [-0.25, -0.2) is 0 Å². The maximum absolute atomic E-state index is 12.5. The van der Waals surface area contributed by atoms with Crippen molar-refractivity contribution in [2.75, 3.05) is 14.2 Å². The molecule has 0 bridgehead atoms. The van der Waals surface area contributed by atoms with Gasteiger partial charge in [-0.3, -0.25) is 4.79 Å². The molecule has 0 spiro atoms. The smallest absolute Gasteiger partial charge is 0.256 e. The van der Waals surface area contributed by atoms with Crippen LogP contribution in [0.1, 0.15) is 23.5 Å². The lowest BCUT2D eigenvalue weighted by molar-refractivity contribution is -0.141. The zero-order valence-corrected chi connectivity index (χ0v) is 13.8. The van der Waals surface area contributed by atoms with E-state index in [0.29, 0.717) is 11.3 Å². The molecule has 1 aromatic carbocycles. The number of likely N-dealkylation sites (N-methyl/N-ethyl adjacent to an activating group) is 1. The van der Waals surface area contributed by atoms with Crippen molar-refractivity contribution in [1.29, 1.82) is 0 Å². The molecule has 0 aliphatic carbocycles. The number of thiophene rings is 1. The van der Waals surface area contributed by atoms with Crippen LogP contribution in [0.4, 0.5) is 0 Å². The number of methoxy groups -OCH3 is 1. The minimum atomic E-state index is -1.18. The summed E-state index contributed by atoms with van der Waals surface area (Å²) in [6, 6.07) is 11.0. The number of hydrogen-bond donors (Lipinski definition) is 1. The molecule has 0 radical (unpaired) electrons. The molecule has 2 atom stereocenters. The lowest BCUT2D eigenvalue weighted by Crippen LogP contribution is -2.39. The predicted molar refractivity (Wildman–Crippen MR) is 88.2 cm³/mol. The first kappa shape index (κ1) is 16.5. The van der Waals surface area contributed by atoms with E-state index in [4.69, 9.17) is 4.74 Å². The third kappa shape index (κ3) is 3.87. The molecule has 0 unspecified atom stereocenters. The van der Waals surface area contributed by atoms with Crippen molar-refractivity contribution >= 4 is 17.2 Å². The van der Waals surface area contributed by atoms with Gasteiger partial charge in [0, 0.05) is 24.4 Å². The second-order valence-electron chi connectivity index (χ2n) is 5.26. The zero-order valence-electron chi connectivity index (χ0n) is 13.0. The standard InChI is InChI=1S/C17H21NO3S/c1-12(10-15-8-5-9-22-15)18(2)17(20)16(19)13-6-4-7-14(11-13)21-3/h4-9,11-12,16,19H,10H2,1-3H3/t12-,16-/m1/s1. The van der Waals surface area contributed by atoms with Crippen molar-refractivity contribution in [1.82, 2.24) is 4.90 Å². The van der Waals surface area contributed by atoms with E-state index in [1.165, 1.54) is 4.88 Å². The Hall–Kier alpha value is -1.85. The molecule has 1 aromatic heterocycles. The molecule has 22 heavy (non-hydrogen) atoms. The van der Waals surface area contributed by atoms with Crippen LogP contribution in [0.5, 0.6) is 5.75 Å². The molecule has 1 N–H and O–H groups in total. The summed E-state index contributed by atoms with van der Waals surface area (Å²) in [5.74, 6) is 0.316. The number of amides is 1. The van der Waals surface area contributed by atoms with Gasteiger partial charge in [-0.15, -0.1) is 11.3 Å². The predicted octanol–water partition coefficient (Wildman–Crippen LogP) is 2.88. The number of carbonyl (C=O) groups is 1. The summed E-state index contributed by atoms with van der Waals surface area (Å²) in [5, 5.41) is 12.3. The molecular weight excluding hydrogens is 298 g/mol. The van der Waals surface area contributed by atoms with Crippen LogP contribution >= 0.6 is 11.3 Å². The van der Waals surface area contributed by atoms with Crippen molar-refractivity contribution in [3.8, 4) is 5.75 Å². The summed E-state index contributed by atoms with van der Waals surface area (Å²) >= 11 is 1.67. The molecule has 118 valence electrons. The van der Waals surface area contributed by atoms with Crippen LogP contribution in [0, 0.1) is 0 Å². The summed E-state index contributed by atoms with van der Waals surface area (Å²) in [7, 11) is 3.28. The fourth-order valence-electron chi connectivity index (χ4n) is 2.22. The number of hydrogen-bond acceptors (Lipinski definition) is 4. The molecule has 5 heteroatoms. The highest BCUT2D eigenvalue weighted by atomic mass is 32.1. The van der Waals surface area contributed by atoms with E-state index in [0.717, 1.165) is 6.42 Å². The van der Waals surface area contributed by atoms with Crippen LogP contribution in [0.2, 0.25) is 0 Å². The SMILES string of the molecule is COc1cccc([C@@H](O)C(=O)N(C)[C@H](C)Cc2cccs2)c1.